The summed E-state index contributed by atoms with van der Waals surface area (Å²) in [6.45, 7) is 7.69. The summed E-state index contributed by atoms with van der Waals surface area (Å²) in [5.41, 5.74) is 0. The fourth-order valence-electron chi connectivity index (χ4n) is 4.23. The van der Waals surface area contributed by atoms with Crippen LogP contribution in [0.4, 0.5) is 0 Å². The molecule has 0 aromatic rings. The second kappa shape index (κ2) is 16.2. The Balaban J connectivity index is 1.77. The molecular weight excluding hydrogens is 340 g/mol. The number of likely N-dealkylation sites (N-methyl/N-ethyl adjacent to an activating group) is 1. The van der Waals surface area contributed by atoms with Gasteiger partial charge in [-0.15, -0.1) is 0 Å². The molecule has 0 aromatic heterocycles. The molecule has 1 atom stereocenters. The molecule has 1 aliphatic rings. The lowest BCUT2D eigenvalue weighted by molar-refractivity contribution is 0.196. The molecule has 26 heavy (non-hydrogen) atoms. The molecule has 0 amide bonds. The minimum atomic E-state index is -0.245. The quantitative estimate of drug-likeness (QED) is 0.149. The molecule has 1 saturated heterocycles. The van der Waals surface area contributed by atoms with Gasteiger partial charge in [-0.3, -0.25) is 10.2 Å². The van der Waals surface area contributed by atoms with Crippen molar-refractivity contribution in [1.82, 2.24) is 10.2 Å². The van der Waals surface area contributed by atoms with Crippen molar-refractivity contribution in [3.8, 4) is 0 Å². The van der Waals surface area contributed by atoms with Gasteiger partial charge >= 0.3 is 0 Å². The van der Waals surface area contributed by atoms with Crippen LogP contribution in [0.5, 0.6) is 0 Å². The number of rotatable bonds is 18. The fraction of sp³-hybridized carbons (Fsp3) is 1.00. The summed E-state index contributed by atoms with van der Waals surface area (Å²) in [7, 11) is 0. The Morgan fingerprint density at radius 1 is 0.692 bits per heavy atom. The van der Waals surface area contributed by atoms with Crippen molar-refractivity contribution < 1.29 is 0 Å². The Hall–Kier alpha value is 0.210. The largest absolute Gasteiger partial charge is 0.285 e. The van der Waals surface area contributed by atoms with Crippen molar-refractivity contribution in [3.05, 3.63) is 0 Å². The molecule has 0 radical (unpaired) electrons. The second-order valence-corrected chi connectivity index (χ2v) is 8.94. The Labute approximate surface area is 169 Å². The van der Waals surface area contributed by atoms with Gasteiger partial charge in [-0.2, -0.15) is 0 Å². The van der Waals surface area contributed by atoms with E-state index in [0.717, 1.165) is 26.1 Å². The molecule has 3 heteroatoms. The van der Waals surface area contributed by atoms with Gasteiger partial charge in [0.2, 0.25) is 0 Å². The van der Waals surface area contributed by atoms with Gasteiger partial charge in [0.25, 0.3) is 0 Å². The second-order valence-electron chi connectivity index (χ2n) is 8.32. The van der Waals surface area contributed by atoms with Crippen LogP contribution in [0.2, 0.25) is 0 Å². The first-order valence-corrected chi connectivity index (χ1v) is 12.3. The number of unbranched alkanes of at least 4 members (excludes halogenated alkanes) is 15. The average molecular weight is 387 g/mol. The average Bonchev–Trinajstić information content (AvgIpc) is 3.02. The Kier molecular flexibility index (Phi) is 15.1. The predicted octanol–water partition coefficient (Wildman–Crippen LogP) is 7.46. The normalized spacial score (nSPS) is 20.9. The molecule has 1 aliphatic heterocycles. The molecule has 0 aromatic carbocycles. The topological polar surface area (TPSA) is 15.3 Å². The lowest BCUT2D eigenvalue weighted by Gasteiger charge is -2.31. The van der Waals surface area contributed by atoms with Crippen LogP contribution in [-0.2, 0) is 0 Å². The first kappa shape index (κ1) is 24.2. The third-order valence-corrected chi connectivity index (χ3v) is 6.58. The fourth-order valence-corrected chi connectivity index (χ4v) is 4.67. The lowest BCUT2D eigenvalue weighted by atomic mass is 10.0. The maximum atomic E-state index is 6.72. The highest BCUT2D eigenvalue weighted by Gasteiger charge is 2.36. The molecule has 1 fully saturated rings. The Morgan fingerprint density at radius 3 is 1.54 bits per heavy atom. The summed E-state index contributed by atoms with van der Waals surface area (Å²) in [5.74, 6) is 0. The van der Waals surface area contributed by atoms with E-state index in [-0.39, 0.29) is 5.12 Å². The van der Waals surface area contributed by atoms with E-state index in [1.54, 1.807) is 0 Å². The number of halogens is 1. The summed E-state index contributed by atoms with van der Waals surface area (Å²) >= 11 is 6.72. The van der Waals surface area contributed by atoms with Gasteiger partial charge < -0.3 is 0 Å². The van der Waals surface area contributed by atoms with Crippen LogP contribution < -0.4 is 5.32 Å². The number of nitrogens with one attached hydrogen (secondary N) is 1. The standard InChI is InChI=1S/C23H47ClN2/c1-3-5-6-7-8-9-10-11-12-13-14-15-16-17-18-19-20-23(24)25-21-22-26(23)4-2/h25H,3-22H2,1-2H3. The molecule has 0 bridgehead atoms. The summed E-state index contributed by atoms with van der Waals surface area (Å²) in [6.07, 6.45) is 23.9. The van der Waals surface area contributed by atoms with Crippen LogP contribution in [-0.4, -0.2) is 29.7 Å². The molecule has 0 spiro atoms. The molecule has 1 rings (SSSR count). The van der Waals surface area contributed by atoms with Gasteiger partial charge in [-0.05, 0) is 19.4 Å². The van der Waals surface area contributed by atoms with E-state index in [1.807, 2.05) is 0 Å². The van der Waals surface area contributed by atoms with E-state index in [9.17, 15) is 0 Å². The summed E-state index contributed by atoms with van der Waals surface area (Å²) in [6, 6.07) is 0. The zero-order valence-corrected chi connectivity index (χ0v) is 18.7. The maximum Gasteiger partial charge on any atom is 0.149 e. The number of hydrogen-bond donors (Lipinski definition) is 1. The molecule has 156 valence electrons. The van der Waals surface area contributed by atoms with Crippen molar-refractivity contribution >= 4 is 11.6 Å². The molecule has 1 heterocycles. The predicted molar refractivity (Wildman–Crippen MR) is 118 cm³/mol. The van der Waals surface area contributed by atoms with E-state index in [2.05, 4.69) is 24.1 Å². The molecule has 0 saturated carbocycles. The first-order chi connectivity index (χ1) is 12.7. The maximum absolute atomic E-state index is 6.72. The molecule has 1 N–H and O–H groups in total. The van der Waals surface area contributed by atoms with Crippen molar-refractivity contribution in [2.45, 2.75) is 128 Å². The van der Waals surface area contributed by atoms with E-state index < -0.39 is 0 Å². The van der Waals surface area contributed by atoms with E-state index in [1.165, 1.54) is 103 Å². The van der Waals surface area contributed by atoms with Crippen molar-refractivity contribution in [3.63, 3.8) is 0 Å². The highest BCUT2D eigenvalue weighted by atomic mass is 35.5. The Bertz CT molecular complexity index is 311. The third-order valence-electron chi connectivity index (χ3n) is 6.02. The lowest BCUT2D eigenvalue weighted by Crippen LogP contribution is -2.46. The third kappa shape index (κ3) is 11.1. The zero-order chi connectivity index (χ0) is 18.9. The highest BCUT2D eigenvalue weighted by molar-refractivity contribution is 6.23. The van der Waals surface area contributed by atoms with Gasteiger partial charge in [0.15, 0.2) is 0 Å². The van der Waals surface area contributed by atoms with Gasteiger partial charge in [0.05, 0.1) is 0 Å². The van der Waals surface area contributed by atoms with Gasteiger partial charge in [0, 0.05) is 13.1 Å². The minimum absolute atomic E-state index is 0.245. The van der Waals surface area contributed by atoms with Crippen LogP contribution in [0.3, 0.4) is 0 Å². The highest BCUT2D eigenvalue weighted by Crippen LogP contribution is 2.28. The van der Waals surface area contributed by atoms with Crippen LogP contribution in [0, 0.1) is 0 Å². The molecular formula is C23H47ClN2. The van der Waals surface area contributed by atoms with E-state index in [4.69, 9.17) is 11.6 Å². The van der Waals surface area contributed by atoms with Crippen molar-refractivity contribution in [2.75, 3.05) is 19.6 Å². The van der Waals surface area contributed by atoms with Gasteiger partial charge in [-0.1, -0.05) is 122 Å². The zero-order valence-electron chi connectivity index (χ0n) is 18.0. The minimum Gasteiger partial charge on any atom is -0.285 e. The van der Waals surface area contributed by atoms with Crippen molar-refractivity contribution in [1.29, 1.82) is 0 Å². The van der Waals surface area contributed by atoms with Crippen LogP contribution >= 0.6 is 11.6 Å². The monoisotopic (exact) mass is 386 g/mol. The molecule has 0 aliphatic carbocycles. The summed E-state index contributed by atoms with van der Waals surface area (Å²) in [4.78, 5) is 2.37. The van der Waals surface area contributed by atoms with Crippen LogP contribution in [0.1, 0.15) is 123 Å². The first-order valence-electron chi connectivity index (χ1n) is 11.9. The Morgan fingerprint density at radius 2 is 1.12 bits per heavy atom. The summed E-state index contributed by atoms with van der Waals surface area (Å²) in [5, 5.41) is 3.23. The molecule has 2 nitrogen and oxygen atoms in total. The summed E-state index contributed by atoms with van der Waals surface area (Å²) < 4.78 is 0. The van der Waals surface area contributed by atoms with Crippen LogP contribution in [0.25, 0.3) is 0 Å². The number of hydrogen-bond acceptors (Lipinski definition) is 2. The number of nitrogens with zero attached hydrogens (tertiary/aromatic N) is 1. The molecule has 1 unspecified atom stereocenters. The van der Waals surface area contributed by atoms with Crippen LogP contribution in [0.15, 0.2) is 0 Å². The van der Waals surface area contributed by atoms with E-state index >= 15 is 0 Å². The van der Waals surface area contributed by atoms with E-state index in [0.29, 0.717) is 0 Å². The number of alkyl halides is 1. The SMILES string of the molecule is CCCCCCCCCCCCCCCCCCC1(Cl)NCCN1CC. The van der Waals surface area contributed by atoms with Gasteiger partial charge in [-0.25, -0.2) is 0 Å². The van der Waals surface area contributed by atoms with Crippen molar-refractivity contribution in [2.24, 2.45) is 0 Å². The smallest absolute Gasteiger partial charge is 0.149 e. The van der Waals surface area contributed by atoms with Gasteiger partial charge in [0.1, 0.15) is 5.12 Å².